The molecule has 142 valence electrons. The number of ether oxygens (including phenoxy) is 2. The van der Waals surface area contributed by atoms with Crippen LogP contribution in [0.15, 0.2) is 48.5 Å². The van der Waals surface area contributed by atoms with E-state index in [1.54, 1.807) is 13.0 Å². The SMILES string of the molecule is CCOC(=O)Nc1ccc(C(=O)NNC(=O)COc2ccccc2F)cc1. The molecule has 9 heteroatoms. The van der Waals surface area contributed by atoms with Crippen molar-refractivity contribution in [2.24, 2.45) is 0 Å². The average molecular weight is 375 g/mol. The van der Waals surface area contributed by atoms with Gasteiger partial charge in [0, 0.05) is 11.3 Å². The van der Waals surface area contributed by atoms with Gasteiger partial charge in [-0.1, -0.05) is 12.1 Å². The fraction of sp³-hybridized carbons (Fsp3) is 0.167. The molecule has 3 amide bonds. The number of hydrogen-bond acceptors (Lipinski definition) is 5. The van der Waals surface area contributed by atoms with Gasteiger partial charge in [0.05, 0.1) is 6.61 Å². The van der Waals surface area contributed by atoms with Crippen molar-refractivity contribution in [3.63, 3.8) is 0 Å². The van der Waals surface area contributed by atoms with Crippen molar-refractivity contribution >= 4 is 23.6 Å². The standard InChI is InChI=1S/C18H18FN3O5/c1-2-26-18(25)20-13-9-7-12(8-10-13)17(24)22-21-16(23)11-27-15-6-4-3-5-14(15)19/h3-10H,2,11H2,1H3,(H,20,25)(H,21,23)(H,22,24). The maximum Gasteiger partial charge on any atom is 0.411 e. The maximum absolute atomic E-state index is 13.4. The Morgan fingerprint density at radius 2 is 1.70 bits per heavy atom. The molecular weight excluding hydrogens is 357 g/mol. The third-order valence-electron chi connectivity index (χ3n) is 3.18. The van der Waals surface area contributed by atoms with Crippen molar-refractivity contribution in [3.05, 3.63) is 59.9 Å². The van der Waals surface area contributed by atoms with Crippen molar-refractivity contribution in [2.75, 3.05) is 18.5 Å². The molecule has 0 bridgehead atoms. The lowest BCUT2D eigenvalue weighted by atomic mass is 10.2. The number of carbonyl (C=O) groups is 3. The number of hydrogen-bond donors (Lipinski definition) is 3. The lowest BCUT2D eigenvalue weighted by molar-refractivity contribution is -0.123. The molecule has 2 aromatic rings. The highest BCUT2D eigenvalue weighted by Gasteiger charge is 2.10. The van der Waals surface area contributed by atoms with Gasteiger partial charge in [-0.15, -0.1) is 0 Å². The first-order chi connectivity index (χ1) is 13.0. The number of benzene rings is 2. The Hall–Kier alpha value is -3.62. The molecule has 0 aliphatic rings. The van der Waals surface area contributed by atoms with Gasteiger partial charge in [-0.25, -0.2) is 9.18 Å². The molecule has 0 saturated carbocycles. The Bertz CT molecular complexity index is 811. The molecule has 0 atom stereocenters. The van der Waals surface area contributed by atoms with Crippen molar-refractivity contribution < 1.29 is 28.2 Å². The number of nitrogens with one attached hydrogen (secondary N) is 3. The summed E-state index contributed by atoms with van der Waals surface area (Å²) in [6.07, 6.45) is -0.600. The summed E-state index contributed by atoms with van der Waals surface area (Å²) in [7, 11) is 0. The molecule has 2 rings (SSSR count). The van der Waals surface area contributed by atoms with E-state index in [0.29, 0.717) is 5.69 Å². The minimum atomic E-state index is -0.660. The Labute approximate surface area is 154 Å². The van der Waals surface area contributed by atoms with Crippen LogP contribution in [-0.2, 0) is 9.53 Å². The number of halogens is 1. The summed E-state index contributed by atoms with van der Waals surface area (Å²) in [6, 6.07) is 11.6. The topological polar surface area (TPSA) is 106 Å². The van der Waals surface area contributed by atoms with Gasteiger partial charge in [0.25, 0.3) is 11.8 Å². The van der Waals surface area contributed by atoms with Gasteiger partial charge in [0.1, 0.15) is 0 Å². The molecule has 0 fully saturated rings. The van der Waals surface area contributed by atoms with Crippen LogP contribution in [0.2, 0.25) is 0 Å². The normalized spacial score (nSPS) is 9.85. The van der Waals surface area contributed by atoms with E-state index in [-0.39, 0.29) is 17.9 Å². The molecule has 0 spiro atoms. The third kappa shape index (κ3) is 6.31. The van der Waals surface area contributed by atoms with Gasteiger partial charge in [0.2, 0.25) is 0 Å². The van der Waals surface area contributed by atoms with Gasteiger partial charge < -0.3 is 9.47 Å². The molecule has 2 aromatic carbocycles. The summed E-state index contributed by atoms with van der Waals surface area (Å²) >= 11 is 0. The Kier molecular flexibility index (Phi) is 7.12. The van der Waals surface area contributed by atoms with Gasteiger partial charge in [0.15, 0.2) is 18.2 Å². The van der Waals surface area contributed by atoms with E-state index in [2.05, 4.69) is 16.2 Å². The first-order valence-electron chi connectivity index (χ1n) is 8.00. The van der Waals surface area contributed by atoms with Crippen molar-refractivity contribution in [1.82, 2.24) is 10.9 Å². The Morgan fingerprint density at radius 1 is 1.00 bits per heavy atom. The molecule has 0 aliphatic heterocycles. The highest BCUT2D eigenvalue weighted by Crippen LogP contribution is 2.14. The van der Waals surface area contributed by atoms with Crippen LogP contribution in [0.5, 0.6) is 5.75 Å². The smallest absolute Gasteiger partial charge is 0.411 e. The summed E-state index contributed by atoms with van der Waals surface area (Å²) in [6.45, 7) is 1.46. The van der Waals surface area contributed by atoms with Gasteiger partial charge in [-0.3, -0.25) is 25.8 Å². The molecule has 0 aromatic heterocycles. The van der Waals surface area contributed by atoms with E-state index in [1.165, 1.54) is 42.5 Å². The van der Waals surface area contributed by atoms with E-state index >= 15 is 0 Å². The summed E-state index contributed by atoms with van der Waals surface area (Å²) in [5.41, 5.74) is 5.07. The van der Waals surface area contributed by atoms with E-state index < -0.39 is 30.3 Å². The fourth-order valence-corrected chi connectivity index (χ4v) is 1.93. The average Bonchev–Trinajstić information content (AvgIpc) is 2.66. The second-order valence-electron chi connectivity index (χ2n) is 5.14. The highest BCUT2D eigenvalue weighted by molar-refractivity contribution is 5.96. The minimum absolute atomic E-state index is 0.0661. The molecule has 3 N–H and O–H groups in total. The van der Waals surface area contributed by atoms with Crippen LogP contribution < -0.4 is 20.9 Å². The Morgan fingerprint density at radius 3 is 2.37 bits per heavy atom. The zero-order valence-electron chi connectivity index (χ0n) is 14.5. The van der Waals surface area contributed by atoms with Crippen molar-refractivity contribution in [3.8, 4) is 5.75 Å². The van der Waals surface area contributed by atoms with Crippen LogP contribution in [0.25, 0.3) is 0 Å². The molecule has 0 saturated heterocycles. The number of carbonyl (C=O) groups excluding carboxylic acids is 3. The number of hydrazine groups is 1. The molecule has 27 heavy (non-hydrogen) atoms. The largest absolute Gasteiger partial charge is 0.481 e. The molecule has 0 unspecified atom stereocenters. The van der Waals surface area contributed by atoms with Gasteiger partial charge in [-0.05, 0) is 43.3 Å². The number of para-hydroxylation sites is 1. The lowest BCUT2D eigenvalue weighted by Gasteiger charge is -2.10. The number of amides is 3. The van der Waals surface area contributed by atoms with Gasteiger partial charge in [-0.2, -0.15) is 0 Å². The first kappa shape index (κ1) is 19.7. The van der Waals surface area contributed by atoms with Crippen LogP contribution in [0.3, 0.4) is 0 Å². The zero-order chi connectivity index (χ0) is 19.6. The van der Waals surface area contributed by atoms with E-state index in [9.17, 15) is 18.8 Å². The maximum atomic E-state index is 13.4. The quantitative estimate of drug-likeness (QED) is 0.672. The predicted octanol–water partition coefficient (Wildman–Crippen LogP) is 2.23. The van der Waals surface area contributed by atoms with E-state index in [4.69, 9.17) is 9.47 Å². The zero-order valence-corrected chi connectivity index (χ0v) is 14.5. The predicted molar refractivity (Wildman–Crippen MR) is 94.6 cm³/mol. The second-order valence-corrected chi connectivity index (χ2v) is 5.14. The minimum Gasteiger partial charge on any atom is -0.481 e. The molecule has 0 aliphatic carbocycles. The molecule has 0 heterocycles. The van der Waals surface area contributed by atoms with Crippen LogP contribution >= 0.6 is 0 Å². The van der Waals surface area contributed by atoms with Crippen LogP contribution in [0.4, 0.5) is 14.9 Å². The van der Waals surface area contributed by atoms with Crippen LogP contribution in [0.1, 0.15) is 17.3 Å². The first-order valence-corrected chi connectivity index (χ1v) is 8.00. The van der Waals surface area contributed by atoms with E-state index in [0.717, 1.165) is 0 Å². The number of rotatable bonds is 6. The molecule has 0 radical (unpaired) electrons. The Balaban J connectivity index is 1.78. The van der Waals surface area contributed by atoms with E-state index in [1.807, 2.05) is 0 Å². The number of anilines is 1. The van der Waals surface area contributed by atoms with Crippen molar-refractivity contribution in [1.29, 1.82) is 0 Å². The summed E-state index contributed by atoms with van der Waals surface area (Å²) in [5.74, 6) is -1.89. The second kappa shape index (κ2) is 9.76. The fourth-order valence-electron chi connectivity index (χ4n) is 1.93. The summed E-state index contributed by atoms with van der Waals surface area (Å²) in [5, 5.41) is 2.49. The third-order valence-corrected chi connectivity index (χ3v) is 3.18. The van der Waals surface area contributed by atoms with Gasteiger partial charge >= 0.3 is 6.09 Å². The highest BCUT2D eigenvalue weighted by atomic mass is 19.1. The van der Waals surface area contributed by atoms with Crippen LogP contribution in [0, 0.1) is 5.82 Å². The van der Waals surface area contributed by atoms with Crippen molar-refractivity contribution in [2.45, 2.75) is 6.92 Å². The molecular formula is C18H18FN3O5. The monoisotopic (exact) mass is 375 g/mol. The molecule has 8 nitrogen and oxygen atoms in total. The lowest BCUT2D eigenvalue weighted by Crippen LogP contribution is -2.43. The van der Waals surface area contributed by atoms with Crippen LogP contribution in [-0.4, -0.2) is 31.1 Å². The summed E-state index contributed by atoms with van der Waals surface area (Å²) in [4.78, 5) is 34.9. The summed E-state index contributed by atoms with van der Waals surface area (Å²) < 4.78 is 23.1.